The summed E-state index contributed by atoms with van der Waals surface area (Å²) in [6, 6.07) is 12.1. The Hall–Kier alpha value is -2.91. The van der Waals surface area contributed by atoms with E-state index in [1.165, 1.54) is 18.3 Å². The van der Waals surface area contributed by atoms with Gasteiger partial charge in [0.15, 0.2) is 0 Å². The Bertz CT molecular complexity index is 1130. The van der Waals surface area contributed by atoms with Crippen molar-refractivity contribution in [3.8, 4) is 5.75 Å². The van der Waals surface area contributed by atoms with Crippen LogP contribution in [0.5, 0.6) is 5.75 Å². The monoisotopic (exact) mass is 473 g/mol. The van der Waals surface area contributed by atoms with Gasteiger partial charge in [0.05, 0.1) is 13.0 Å². The Balaban J connectivity index is 1.78. The van der Waals surface area contributed by atoms with Gasteiger partial charge in [-0.25, -0.2) is 8.42 Å². The third-order valence-electron chi connectivity index (χ3n) is 5.68. The molecule has 9 heteroatoms. The second-order valence-corrected chi connectivity index (χ2v) is 10.4. The van der Waals surface area contributed by atoms with Gasteiger partial charge < -0.3 is 15.4 Å². The number of nitrogens with one attached hydrogen (secondary N) is 2. The lowest BCUT2D eigenvalue weighted by Gasteiger charge is -2.31. The molecule has 2 aromatic carbocycles. The van der Waals surface area contributed by atoms with Gasteiger partial charge in [0.2, 0.25) is 21.8 Å². The Kier molecular flexibility index (Phi) is 7.76. The van der Waals surface area contributed by atoms with Crippen molar-refractivity contribution in [2.24, 2.45) is 5.92 Å². The predicted octanol–water partition coefficient (Wildman–Crippen LogP) is 3.82. The molecule has 1 fully saturated rings. The molecule has 2 aromatic rings. The molecule has 0 aliphatic carbocycles. The van der Waals surface area contributed by atoms with E-state index < -0.39 is 15.9 Å². The van der Waals surface area contributed by atoms with Crippen LogP contribution in [0, 0.1) is 5.92 Å². The first kappa shape index (κ1) is 24.7. The van der Waals surface area contributed by atoms with Gasteiger partial charge in [-0.3, -0.25) is 9.59 Å². The zero-order valence-electron chi connectivity index (χ0n) is 19.4. The van der Waals surface area contributed by atoms with Crippen LogP contribution in [-0.2, 0) is 19.6 Å². The summed E-state index contributed by atoms with van der Waals surface area (Å²) in [4.78, 5) is 24.3. The van der Waals surface area contributed by atoms with Gasteiger partial charge in [-0.05, 0) is 54.7 Å². The van der Waals surface area contributed by atoms with Crippen molar-refractivity contribution in [2.75, 3.05) is 30.8 Å². The van der Waals surface area contributed by atoms with Crippen molar-refractivity contribution in [1.82, 2.24) is 4.31 Å². The molecule has 2 amide bonds. The van der Waals surface area contributed by atoms with Crippen LogP contribution in [0.4, 0.5) is 11.4 Å². The summed E-state index contributed by atoms with van der Waals surface area (Å²) in [5.41, 5.74) is 2.02. The van der Waals surface area contributed by atoms with E-state index in [2.05, 4.69) is 10.6 Å². The van der Waals surface area contributed by atoms with Crippen LogP contribution < -0.4 is 15.4 Å². The number of ether oxygens (including phenoxy) is 1. The first-order valence-electron chi connectivity index (χ1n) is 11.0. The number of sulfonamides is 1. The summed E-state index contributed by atoms with van der Waals surface area (Å²) in [5, 5.41) is 5.52. The second kappa shape index (κ2) is 10.4. The fourth-order valence-corrected chi connectivity index (χ4v) is 5.60. The standard InChI is InChI=1S/C24H31N3O5S/c1-16(2)18-10-11-22(32-4)23(13-18)33(30,31)27-12-6-7-19(15-27)24(29)26-21-9-5-8-20(14-21)25-17(3)28/h5,8-11,13-14,16,19H,6-7,12,15H2,1-4H3,(H,25,28)(H,26,29)/t19-/m0/s1. The molecular formula is C24H31N3O5S. The van der Waals surface area contributed by atoms with Crippen molar-refractivity contribution in [2.45, 2.75) is 44.4 Å². The number of piperidine rings is 1. The normalized spacial score (nSPS) is 16.9. The molecule has 0 saturated carbocycles. The topological polar surface area (TPSA) is 105 Å². The minimum Gasteiger partial charge on any atom is -0.495 e. The largest absolute Gasteiger partial charge is 0.495 e. The highest BCUT2D eigenvalue weighted by molar-refractivity contribution is 7.89. The van der Waals surface area contributed by atoms with Crippen LogP contribution in [0.2, 0.25) is 0 Å². The van der Waals surface area contributed by atoms with Crippen molar-refractivity contribution < 1.29 is 22.7 Å². The molecule has 1 saturated heterocycles. The first-order valence-corrected chi connectivity index (χ1v) is 12.4. The number of hydrogen-bond donors (Lipinski definition) is 2. The summed E-state index contributed by atoms with van der Waals surface area (Å²) in [7, 11) is -2.39. The number of carbonyl (C=O) groups excluding carboxylic acids is 2. The van der Waals surface area contributed by atoms with Crippen molar-refractivity contribution in [1.29, 1.82) is 0 Å². The minimum atomic E-state index is -3.84. The summed E-state index contributed by atoms with van der Waals surface area (Å²) < 4.78 is 33.7. The Labute approximate surface area is 195 Å². The first-order chi connectivity index (χ1) is 15.6. The number of methoxy groups -OCH3 is 1. The molecule has 0 bridgehead atoms. The summed E-state index contributed by atoms with van der Waals surface area (Å²) >= 11 is 0. The maximum absolute atomic E-state index is 13.5. The van der Waals surface area contributed by atoms with E-state index in [9.17, 15) is 18.0 Å². The molecule has 0 radical (unpaired) electrons. The van der Waals surface area contributed by atoms with E-state index >= 15 is 0 Å². The summed E-state index contributed by atoms with van der Waals surface area (Å²) in [6.07, 6.45) is 1.17. The fourth-order valence-electron chi connectivity index (χ4n) is 3.89. The maximum atomic E-state index is 13.5. The minimum absolute atomic E-state index is 0.0919. The molecule has 1 aliphatic heterocycles. The van der Waals surface area contributed by atoms with Crippen LogP contribution in [0.25, 0.3) is 0 Å². The van der Waals surface area contributed by atoms with Gasteiger partial charge in [-0.2, -0.15) is 4.31 Å². The molecule has 178 valence electrons. The maximum Gasteiger partial charge on any atom is 0.246 e. The van der Waals surface area contributed by atoms with E-state index in [-0.39, 0.29) is 29.2 Å². The van der Waals surface area contributed by atoms with Crippen LogP contribution in [0.1, 0.15) is 45.1 Å². The van der Waals surface area contributed by atoms with Gasteiger partial charge in [-0.15, -0.1) is 0 Å². The van der Waals surface area contributed by atoms with E-state index in [0.29, 0.717) is 36.5 Å². The number of amides is 2. The number of carbonyl (C=O) groups is 2. The van der Waals surface area contributed by atoms with E-state index in [0.717, 1.165) is 5.56 Å². The average molecular weight is 474 g/mol. The average Bonchev–Trinajstić information content (AvgIpc) is 2.78. The number of benzene rings is 2. The molecule has 0 spiro atoms. The number of nitrogens with zero attached hydrogens (tertiary/aromatic N) is 1. The number of rotatable bonds is 7. The molecule has 1 atom stereocenters. The van der Waals surface area contributed by atoms with Gasteiger partial charge in [0, 0.05) is 31.4 Å². The predicted molar refractivity (Wildman–Crippen MR) is 128 cm³/mol. The third kappa shape index (κ3) is 5.91. The smallest absolute Gasteiger partial charge is 0.246 e. The SMILES string of the molecule is COc1ccc(C(C)C)cc1S(=O)(=O)N1CCC[C@H](C(=O)Nc2cccc(NC(C)=O)c2)C1. The van der Waals surface area contributed by atoms with Crippen LogP contribution >= 0.6 is 0 Å². The van der Waals surface area contributed by atoms with Crippen LogP contribution in [-0.4, -0.2) is 44.7 Å². The Morgan fingerprint density at radius 2 is 1.79 bits per heavy atom. The molecule has 8 nitrogen and oxygen atoms in total. The number of hydrogen-bond acceptors (Lipinski definition) is 5. The van der Waals surface area contributed by atoms with E-state index in [1.54, 1.807) is 36.4 Å². The van der Waals surface area contributed by atoms with Crippen molar-refractivity contribution >= 4 is 33.2 Å². The van der Waals surface area contributed by atoms with Crippen molar-refractivity contribution in [3.05, 3.63) is 48.0 Å². The highest BCUT2D eigenvalue weighted by Gasteiger charge is 2.35. The van der Waals surface area contributed by atoms with Gasteiger partial charge in [-0.1, -0.05) is 26.0 Å². The van der Waals surface area contributed by atoms with Gasteiger partial charge in [0.25, 0.3) is 0 Å². The third-order valence-corrected chi connectivity index (χ3v) is 7.56. The molecule has 1 heterocycles. The van der Waals surface area contributed by atoms with Gasteiger partial charge >= 0.3 is 0 Å². The molecule has 0 aromatic heterocycles. The van der Waals surface area contributed by atoms with Crippen molar-refractivity contribution in [3.63, 3.8) is 0 Å². The summed E-state index contributed by atoms with van der Waals surface area (Å²) in [6.45, 7) is 5.85. The zero-order valence-corrected chi connectivity index (χ0v) is 20.2. The molecule has 1 aliphatic rings. The van der Waals surface area contributed by atoms with Crippen LogP contribution in [0.15, 0.2) is 47.4 Å². The highest BCUT2D eigenvalue weighted by atomic mass is 32.2. The Morgan fingerprint density at radius 1 is 1.09 bits per heavy atom. The van der Waals surface area contributed by atoms with E-state index in [1.807, 2.05) is 19.9 Å². The van der Waals surface area contributed by atoms with Crippen LogP contribution in [0.3, 0.4) is 0 Å². The Morgan fingerprint density at radius 3 is 2.42 bits per heavy atom. The molecule has 33 heavy (non-hydrogen) atoms. The lowest BCUT2D eigenvalue weighted by Crippen LogP contribution is -2.43. The lowest BCUT2D eigenvalue weighted by molar-refractivity contribution is -0.121. The summed E-state index contributed by atoms with van der Waals surface area (Å²) in [5.74, 6) is -0.489. The molecule has 3 rings (SSSR count). The lowest BCUT2D eigenvalue weighted by atomic mass is 9.98. The zero-order chi connectivity index (χ0) is 24.2. The molecular weight excluding hydrogens is 442 g/mol. The van der Waals surface area contributed by atoms with E-state index in [4.69, 9.17) is 4.74 Å². The van der Waals surface area contributed by atoms with Gasteiger partial charge in [0.1, 0.15) is 10.6 Å². The molecule has 2 N–H and O–H groups in total. The molecule has 0 unspecified atom stereocenters. The second-order valence-electron chi connectivity index (χ2n) is 8.52. The fraction of sp³-hybridized carbons (Fsp3) is 0.417. The number of anilines is 2. The highest BCUT2D eigenvalue weighted by Crippen LogP contribution is 2.32. The quantitative estimate of drug-likeness (QED) is 0.636.